The van der Waals surface area contributed by atoms with Gasteiger partial charge < -0.3 is 15.1 Å². The molecule has 1 atom stereocenters. The number of halogens is 1. The lowest BCUT2D eigenvalue weighted by atomic mass is 9.89. The molecule has 0 bridgehead atoms. The van der Waals surface area contributed by atoms with Crippen molar-refractivity contribution in [1.82, 2.24) is 14.9 Å². The van der Waals surface area contributed by atoms with Gasteiger partial charge in [-0.3, -0.25) is 0 Å². The van der Waals surface area contributed by atoms with Gasteiger partial charge >= 0.3 is 0 Å². The maximum Gasteiger partial charge on any atom is 0.134 e. The molecule has 5 rings (SSSR count). The smallest absolute Gasteiger partial charge is 0.134 e. The number of piperidine rings is 1. The molecule has 0 amide bonds. The molecule has 6 heteroatoms. The second kappa shape index (κ2) is 8.72. The zero-order chi connectivity index (χ0) is 20.5. The van der Waals surface area contributed by atoms with Gasteiger partial charge in [-0.1, -0.05) is 18.5 Å². The van der Waals surface area contributed by atoms with E-state index in [1.807, 2.05) is 12.1 Å². The number of nitrogens with one attached hydrogen (secondary N) is 1. The summed E-state index contributed by atoms with van der Waals surface area (Å²) in [4.78, 5) is 14.5. The van der Waals surface area contributed by atoms with E-state index in [2.05, 4.69) is 39.2 Å². The first kappa shape index (κ1) is 20.1. The number of rotatable bonds is 6. The molecule has 30 heavy (non-hydrogen) atoms. The fourth-order valence-corrected chi connectivity index (χ4v) is 4.95. The highest BCUT2D eigenvalue weighted by Crippen LogP contribution is 2.35. The lowest BCUT2D eigenvalue weighted by molar-refractivity contribution is 0.204. The minimum absolute atomic E-state index is 0.612. The third-order valence-electron chi connectivity index (χ3n) is 6.84. The monoisotopic (exact) mass is 425 g/mol. The minimum atomic E-state index is 0.612. The number of pyridine rings is 2. The Kier molecular flexibility index (Phi) is 5.83. The van der Waals surface area contributed by atoms with Gasteiger partial charge in [-0.2, -0.15) is 0 Å². The summed E-state index contributed by atoms with van der Waals surface area (Å²) in [5.74, 6) is 5.10. The molecule has 2 saturated heterocycles. The highest BCUT2D eigenvalue weighted by molar-refractivity contribution is 6.30. The Labute approximate surface area is 184 Å². The van der Waals surface area contributed by atoms with Crippen molar-refractivity contribution in [3.8, 4) is 0 Å². The Balaban J connectivity index is 1.35. The molecule has 1 saturated carbocycles. The first-order valence-corrected chi connectivity index (χ1v) is 11.9. The van der Waals surface area contributed by atoms with Crippen molar-refractivity contribution >= 4 is 29.1 Å². The molecule has 5 nitrogen and oxygen atoms in total. The zero-order valence-electron chi connectivity index (χ0n) is 17.9. The normalized spacial score (nSPS) is 23.1. The van der Waals surface area contributed by atoms with Crippen molar-refractivity contribution in [2.45, 2.75) is 44.9 Å². The van der Waals surface area contributed by atoms with Gasteiger partial charge in [-0.25, -0.2) is 9.97 Å². The van der Waals surface area contributed by atoms with Crippen LogP contribution in [0.1, 0.15) is 50.5 Å². The largest absolute Gasteiger partial charge is 0.356 e. The molecule has 160 valence electrons. The van der Waals surface area contributed by atoms with E-state index in [4.69, 9.17) is 16.6 Å². The predicted octanol–water partition coefficient (Wildman–Crippen LogP) is 5.31. The highest BCUT2D eigenvalue weighted by Gasteiger charge is 2.28. The van der Waals surface area contributed by atoms with Gasteiger partial charge in [0.15, 0.2) is 0 Å². The van der Waals surface area contributed by atoms with Crippen molar-refractivity contribution in [1.29, 1.82) is 0 Å². The number of likely N-dealkylation sites (tertiary alicyclic amines) is 1. The maximum absolute atomic E-state index is 6.00. The molecule has 0 radical (unpaired) electrons. The Morgan fingerprint density at radius 1 is 1.03 bits per heavy atom. The molecule has 2 aromatic heterocycles. The Morgan fingerprint density at radius 3 is 2.53 bits per heavy atom. The molecule has 3 fully saturated rings. The molecule has 1 unspecified atom stereocenters. The van der Waals surface area contributed by atoms with E-state index in [9.17, 15) is 0 Å². The van der Waals surface area contributed by atoms with E-state index in [-0.39, 0.29) is 0 Å². The Hall–Kier alpha value is -1.85. The quantitative estimate of drug-likeness (QED) is 0.679. The Bertz CT molecular complexity index is 858. The van der Waals surface area contributed by atoms with Crippen LogP contribution in [0.4, 0.5) is 17.5 Å². The summed E-state index contributed by atoms with van der Waals surface area (Å²) in [6, 6.07) is 8.35. The molecule has 2 aromatic rings. The topological polar surface area (TPSA) is 44.3 Å². The van der Waals surface area contributed by atoms with Crippen LogP contribution in [0.25, 0.3) is 0 Å². The van der Waals surface area contributed by atoms with Gasteiger partial charge in [0, 0.05) is 25.8 Å². The predicted molar refractivity (Wildman–Crippen MR) is 124 cm³/mol. The third-order valence-corrected chi connectivity index (χ3v) is 7.06. The van der Waals surface area contributed by atoms with Crippen LogP contribution < -0.4 is 10.2 Å². The third kappa shape index (κ3) is 4.89. The number of aromatic nitrogens is 2. The standard InChI is InChI=1S/C24H32ClN5/c1-17-6-11-30(15-17)24-13-20(19-7-9-29(10-8-19)16-18-2-3-18)12-23(28-24)27-22-5-4-21(25)14-26-22/h4-5,12-14,17-19H,2-3,6-11,15-16H2,1H3,(H,26,27,28). The lowest BCUT2D eigenvalue weighted by Gasteiger charge is -2.32. The van der Waals surface area contributed by atoms with Gasteiger partial charge in [0.2, 0.25) is 0 Å². The van der Waals surface area contributed by atoms with Crippen LogP contribution in [-0.2, 0) is 0 Å². The Morgan fingerprint density at radius 2 is 1.87 bits per heavy atom. The minimum Gasteiger partial charge on any atom is -0.356 e. The molecule has 4 heterocycles. The fraction of sp³-hybridized carbons (Fsp3) is 0.583. The van der Waals surface area contributed by atoms with Crippen LogP contribution in [0.2, 0.25) is 5.02 Å². The summed E-state index contributed by atoms with van der Waals surface area (Å²) in [5, 5.41) is 4.06. The van der Waals surface area contributed by atoms with Crippen molar-refractivity contribution < 1.29 is 0 Å². The van der Waals surface area contributed by atoms with Gasteiger partial charge in [0.1, 0.15) is 17.5 Å². The van der Waals surface area contributed by atoms with Crippen LogP contribution in [-0.4, -0.2) is 47.6 Å². The lowest BCUT2D eigenvalue weighted by Crippen LogP contribution is -2.34. The van der Waals surface area contributed by atoms with Crippen molar-refractivity contribution in [2.75, 3.05) is 42.9 Å². The van der Waals surface area contributed by atoms with Crippen LogP contribution in [0.3, 0.4) is 0 Å². The van der Waals surface area contributed by atoms with E-state index >= 15 is 0 Å². The van der Waals surface area contributed by atoms with Crippen LogP contribution >= 0.6 is 11.6 Å². The summed E-state index contributed by atoms with van der Waals surface area (Å²) in [5.41, 5.74) is 1.42. The number of nitrogens with zero attached hydrogens (tertiary/aromatic N) is 4. The van der Waals surface area contributed by atoms with E-state index < -0.39 is 0 Å². The van der Waals surface area contributed by atoms with E-state index in [1.54, 1.807) is 6.20 Å². The van der Waals surface area contributed by atoms with Crippen molar-refractivity contribution in [2.24, 2.45) is 11.8 Å². The van der Waals surface area contributed by atoms with Gasteiger partial charge in [0.25, 0.3) is 0 Å². The first-order valence-electron chi connectivity index (χ1n) is 11.5. The number of hydrogen-bond acceptors (Lipinski definition) is 5. The molecule has 0 aromatic carbocycles. The molecule has 2 aliphatic heterocycles. The highest BCUT2D eigenvalue weighted by atomic mass is 35.5. The van der Waals surface area contributed by atoms with Gasteiger partial charge in [-0.05, 0) is 92.8 Å². The summed E-state index contributed by atoms with van der Waals surface area (Å²) in [7, 11) is 0. The van der Waals surface area contributed by atoms with Crippen molar-refractivity contribution in [3.05, 3.63) is 41.0 Å². The second-order valence-electron chi connectivity index (χ2n) is 9.49. The molecular formula is C24H32ClN5. The molecule has 3 aliphatic rings. The maximum atomic E-state index is 6.00. The fourth-order valence-electron chi connectivity index (χ4n) is 4.84. The molecule has 1 N–H and O–H groups in total. The van der Waals surface area contributed by atoms with E-state index in [0.29, 0.717) is 10.9 Å². The summed E-state index contributed by atoms with van der Waals surface area (Å²) in [6.45, 7) is 8.28. The zero-order valence-corrected chi connectivity index (χ0v) is 18.6. The summed E-state index contributed by atoms with van der Waals surface area (Å²) < 4.78 is 0. The van der Waals surface area contributed by atoms with Gasteiger partial charge in [-0.15, -0.1) is 0 Å². The van der Waals surface area contributed by atoms with E-state index in [0.717, 1.165) is 42.4 Å². The molecule has 0 spiro atoms. The number of anilines is 3. The molecule has 1 aliphatic carbocycles. The summed E-state index contributed by atoms with van der Waals surface area (Å²) in [6.07, 6.45) is 8.28. The average molecular weight is 426 g/mol. The van der Waals surface area contributed by atoms with Crippen molar-refractivity contribution in [3.63, 3.8) is 0 Å². The van der Waals surface area contributed by atoms with Crippen LogP contribution in [0, 0.1) is 11.8 Å². The average Bonchev–Trinajstić information content (AvgIpc) is 3.46. The van der Waals surface area contributed by atoms with Gasteiger partial charge in [0.05, 0.1) is 5.02 Å². The van der Waals surface area contributed by atoms with E-state index in [1.165, 1.54) is 57.3 Å². The van der Waals surface area contributed by atoms with Crippen LogP contribution in [0.15, 0.2) is 30.5 Å². The number of hydrogen-bond donors (Lipinski definition) is 1. The summed E-state index contributed by atoms with van der Waals surface area (Å²) >= 11 is 6.00. The SMILES string of the molecule is CC1CCN(c2cc(C3CCN(CC4CC4)CC3)cc(Nc3ccc(Cl)cn3)n2)C1. The van der Waals surface area contributed by atoms with Crippen LogP contribution in [0.5, 0.6) is 0 Å². The molecular weight excluding hydrogens is 394 g/mol. The first-order chi connectivity index (χ1) is 14.6. The second-order valence-corrected chi connectivity index (χ2v) is 9.93.